The van der Waals surface area contributed by atoms with Gasteiger partial charge < -0.3 is 75.5 Å². The average Bonchev–Trinajstić information content (AvgIpc) is 3.33. The number of ketones is 1. The van der Waals surface area contributed by atoms with Crippen LogP contribution in [0.5, 0.6) is 0 Å². The highest BCUT2D eigenvalue weighted by Crippen LogP contribution is 2.02. The van der Waals surface area contributed by atoms with Crippen LogP contribution in [0.25, 0.3) is 0 Å². The van der Waals surface area contributed by atoms with Crippen LogP contribution in [0.4, 0.5) is 0 Å². The Morgan fingerprint density at radius 3 is 1.38 bits per heavy atom. The summed E-state index contributed by atoms with van der Waals surface area (Å²) < 4.78 is 73.2. The second kappa shape index (κ2) is 43.3. The van der Waals surface area contributed by atoms with E-state index in [1.54, 1.807) is 21.0 Å². The average molecular weight is 895 g/mol. The first-order valence-corrected chi connectivity index (χ1v) is 21.4. The lowest BCUT2D eigenvalue weighted by Crippen LogP contribution is -2.39. The number of hydrogen-bond acceptors (Lipinski definition) is 16. The van der Waals surface area contributed by atoms with Gasteiger partial charge in [0.2, 0.25) is 29.5 Å². The molecule has 0 rings (SSSR count). The van der Waals surface area contributed by atoms with Crippen molar-refractivity contribution in [3.8, 4) is 0 Å². The van der Waals surface area contributed by atoms with E-state index >= 15 is 0 Å². The molecule has 364 valence electrons. The summed E-state index contributed by atoms with van der Waals surface area (Å²) in [4.78, 5) is 70.2. The second-order valence-electron chi connectivity index (χ2n) is 13.7. The first-order valence-electron chi connectivity index (χ1n) is 24.4. The molecule has 0 unspecified atom stereocenters. The summed E-state index contributed by atoms with van der Waals surface area (Å²) in [5, 5.41) is 16.9. The van der Waals surface area contributed by atoms with E-state index in [-0.39, 0.29) is 88.0 Å². The minimum Gasteiger partial charge on any atom is -0.379 e. The van der Waals surface area contributed by atoms with Gasteiger partial charge in [0.15, 0.2) is 0 Å². The predicted molar refractivity (Wildman–Crippen MR) is 234 cm³/mol. The molecular weight excluding hydrogens is 802 g/mol. The van der Waals surface area contributed by atoms with Crippen molar-refractivity contribution >= 4 is 35.3 Å². The van der Waals surface area contributed by atoms with Crippen molar-refractivity contribution in [3.63, 3.8) is 0 Å². The van der Waals surface area contributed by atoms with Crippen LogP contribution in [-0.2, 0) is 66.7 Å². The molecule has 5 amide bonds. The molecule has 0 bridgehead atoms. The molecule has 61 heavy (non-hydrogen) atoms. The number of amides is 5. The van der Waals surface area contributed by atoms with Crippen molar-refractivity contribution in [2.75, 3.05) is 140 Å². The number of nitrogens with one attached hydrogen (secondary N) is 6. The summed E-state index contributed by atoms with van der Waals surface area (Å²) in [6, 6.07) is -0.483. The Labute approximate surface area is 372 Å². The Kier molecular flexibility index (Phi) is 36.9. The van der Waals surface area contributed by atoms with Gasteiger partial charge in [-0.25, -0.2) is 0 Å². The van der Waals surface area contributed by atoms with Crippen LogP contribution >= 0.6 is 0 Å². The Balaban J connectivity index is -0.00000181. The van der Waals surface area contributed by atoms with Crippen LogP contribution in [0.3, 0.4) is 0 Å². The molecule has 0 saturated carbocycles. The molecule has 0 spiro atoms. The highest BCUT2D eigenvalue weighted by atomic mass is 16.6. The summed E-state index contributed by atoms with van der Waals surface area (Å²) in [6.07, 6.45) is 5.63. The van der Waals surface area contributed by atoms with Crippen LogP contribution in [0.15, 0.2) is 0 Å². The summed E-state index contributed by atoms with van der Waals surface area (Å²) in [5.74, 6) is -0.914. The first kappa shape index (κ1) is 52.0. The Morgan fingerprint density at radius 2 is 0.869 bits per heavy atom. The maximum absolute atomic E-state index is 12.0. The predicted octanol–water partition coefficient (Wildman–Crippen LogP) is -0.323. The summed E-state index contributed by atoms with van der Waals surface area (Å²) in [6.45, 7) is 7.92. The van der Waals surface area contributed by atoms with Gasteiger partial charge in [0, 0.05) is 49.2 Å². The molecule has 0 radical (unpaired) electrons. The highest BCUT2D eigenvalue weighted by molar-refractivity contribution is 5.81. The maximum Gasteiger partial charge on any atom is 0.245 e. The van der Waals surface area contributed by atoms with Gasteiger partial charge in [-0.3, -0.25) is 28.8 Å². The van der Waals surface area contributed by atoms with Gasteiger partial charge in [0.1, 0.15) is 19.1 Å². The van der Waals surface area contributed by atoms with E-state index < -0.39 is 0 Å². The number of carbonyl (C=O) groups excluding carboxylic acids is 6. The minimum absolute atomic E-state index is 0. The van der Waals surface area contributed by atoms with E-state index in [1.807, 2.05) is 0 Å². The quantitative estimate of drug-likeness (QED) is 0.0305. The molecule has 8 N–H and O–H groups in total. The van der Waals surface area contributed by atoms with E-state index in [4.69, 9.17) is 52.5 Å². The number of unbranched alkanes of at least 4 members (excludes halogenated alkanes) is 2. The highest BCUT2D eigenvalue weighted by Gasteiger charge is 2.12. The number of hydrogen-bond donors (Lipinski definition) is 7. The largest absolute Gasteiger partial charge is 0.379 e. The Morgan fingerprint density at radius 1 is 0.459 bits per heavy atom. The summed E-state index contributed by atoms with van der Waals surface area (Å²) in [7, 11) is 3.46. The van der Waals surface area contributed by atoms with Crippen molar-refractivity contribution in [2.24, 2.45) is 5.73 Å². The van der Waals surface area contributed by atoms with E-state index in [1.165, 1.54) is 0 Å². The minimum atomic E-state index is -0.376. The third kappa shape index (κ3) is 40.5. The number of carbonyl (C=O) groups is 6. The van der Waals surface area contributed by atoms with Gasteiger partial charge in [-0.2, -0.15) is 0 Å². The SMILES string of the molecule is CN[C@@H](CCCCNC(=O)COCCOCCOCCOCNC(=O)CCCC(=O)NCCOCCOCCOCCOCCC(=O)NCCCC[C@H](NC)C(N)=O)C(C)=O.[2HH].[2H][2H].[2H][2H].[2H][2H]. The standard InChI is InChI=1S/C40H77N7O14.4H2/c1-33(48)34(42-2)9-4-6-15-45-39(52)31-60-29-27-58-25-26-59-28-30-61-32-47-37(50)12-8-11-36(49)46-16-18-55-20-22-57-24-23-56-21-19-54-17-13-38(51)44-14-7-5-10-35(43-3)40(41)53;;;;/h34-35,42-43H,4-32H2,1-3H3,(H2,41,53)(H,44,51)(H,45,52)(H,46,49)(H,47,50);4*1H/t34-,35-;;;;/m0..../s1/i;3*1+1D;1+1. The molecular formula is C40H85N7O14. The molecule has 0 saturated heterocycles. The number of rotatable bonds is 46. The van der Waals surface area contributed by atoms with E-state index in [2.05, 4.69) is 31.9 Å². The topological polar surface area (TPSA) is 274 Å². The van der Waals surface area contributed by atoms with Crippen LogP contribution < -0.4 is 37.6 Å². The molecule has 0 aliphatic carbocycles. The lowest BCUT2D eigenvalue weighted by atomic mass is 10.1. The van der Waals surface area contributed by atoms with Gasteiger partial charge in [0.05, 0.1) is 105 Å². The third-order valence-corrected chi connectivity index (χ3v) is 8.70. The number of primary amides is 1. The number of Topliss-reactive ketones (excluding diaryl/α,β-unsaturated/α-hetero) is 1. The van der Waals surface area contributed by atoms with Crippen molar-refractivity contribution in [1.82, 2.24) is 31.9 Å². The zero-order valence-electron chi connectivity index (χ0n) is 43.0. The van der Waals surface area contributed by atoms with Crippen LogP contribution in [0.2, 0.25) is 0 Å². The molecule has 2 atom stereocenters. The fourth-order valence-corrected chi connectivity index (χ4v) is 5.22. The van der Waals surface area contributed by atoms with Crippen LogP contribution in [0.1, 0.15) is 81.5 Å². The Bertz CT molecular complexity index is 1170. The van der Waals surface area contributed by atoms with Crippen molar-refractivity contribution in [1.29, 1.82) is 0 Å². The number of likely N-dealkylation sites (N-methyl/N-ethyl adjacent to an activating group) is 2. The van der Waals surface area contributed by atoms with Gasteiger partial charge >= 0.3 is 0 Å². The normalized spacial score (nSPS) is 12.5. The van der Waals surface area contributed by atoms with Crippen LogP contribution in [0, 0.1) is 0 Å². The smallest absolute Gasteiger partial charge is 0.245 e. The molecule has 21 nitrogen and oxygen atoms in total. The lowest BCUT2D eigenvalue weighted by Gasteiger charge is -2.12. The molecule has 21 heteroatoms. The molecule has 0 aliphatic rings. The monoisotopic (exact) mass is 895 g/mol. The molecule has 0 aliphatic heterocycles. The fourth-order valence-electron chi connectivity index (χ4n) is 5.22. The first-order chi connectivity index (χ1) is 32.6. The van der Waals surface area contributed by atoms with Gasteiger partial charge in [0.25, 0.3) is 0 Å². The maximum atomic E-state index is 12.0. The van der Waals surface area contributed by atoms with Crippen molar-refractivity contribution in [2.45, 2.75) is 83.2 Å². The van der Waals surface area contributed by atoms with E-state index in [0.717, 1.165) is 32.1 Å². The van der Waals surface area contributed by atoms with Gasteiger partial charge in [-0.15, -0.1) is 0 Å². The Hall–Kier alpha value is -3.38. The van der Waals surface area contributed by atoms with Crippen molar-refractivity contribution in [3.05, 3.63) is 0 Å². The molecule has 0 aromatic rings. The molecule has 0 fully saturated rings. The number of nitrogens with two attached hydrogens (primary N) is 1. The molecule has 0 aromatic carbocycles. The second-order valence-corrected chi connectivity index (χ2v) is 13.7. The molecule has 0 aromatic heterocycles. The van der Waals surface area contributed by atoms with Gasteiger partial charge in [-0.1, -0.05) is 0 Å². The fraction of sp³-hybridized carbons (Fsp3) is 0.850. The lowest BCUT2D eigenvalue weighted by molar-refractivity contribution is -0.126. The van der Waals surface area contributed by atoms with Crippen molar-refractivity contribution < 1.29 is 77.0 Å². The molecule has 0 heterocycles. The van der Waals surface area contributed by atoms with Gasteiger partial charge in [-0.05, 0) is 66.0 Å². The third-order valence-electron chi connectivity index (χ3n) is 8.70. The van der Waals surface area contributed by atoms with E-state index in [0.29, 0.717) is 118 Å². The number of ether oxygens (including phenoxy) is 8. The zero-order chi connectivity index (χ0) is 51.0. The van der Waals surface area contributed by atoms with E-state index in [9.17, 15) is 28.8 Å². The summed E-state index contributed by atoms with van der Waals surface area (Å²) >= 11 is 0. The van der Waals surface area contributed by atoms with Crippen LogP contribution in [-0.4, -0.2) is 187 Å². The zero-order valence-corrected chi connectivity index (χ0v) is 37.0. The summed E-state index contributed by atoms with van der Waals surface area (Å²) in [5.41, 5.74) is 5.28.